The molecule has 2 heterocycles. The first kappa shape index (κ1) is 21.4. The third-order valence-corrected chi connectivity index (χ3v) is 5.02. The van der Waals surface area contributed by atoms with Gasteiger partial charge in [-0.1, -0.05) is 6.07 Å². The number of halogens is 4. The van der Waals surface area contributed by atoms with Crippen LogP contribution >= 0.6 is 0 Å². The zero-order valence-electron chi connectivity index (χ0n) is 15.9. The third kappa shape index (κ3) is 4.62. The second-order valence-electron chi connectivity index (χ2n) is 6.83. The van der Waals surface area contributed by atoms with Crippen molar-refractivity contribution in [2.45, 2.75) is 24.6 Å². The van der Waals surface area contributed by atoms with E-state index in [9.17, 15) is 22.4 Å². The summed E-state index contributed by atoms with van der Waals surface area (Å²) >= 11 is 0. The fraction of sp³-hybridized carbons (Fsp3) is 0.350. The van der Waals surface area contributed by atoms with Crippen LogP contribution in [-0.4, -0.2) is 43.3 Å². The van der Waals surface area contributed by atoms with Crippen LogP contribution in [0.5, 0.6) is 5.75 Å². The molecule has 1 aromatic heterocycles. The van der Waals surface area contributed by atoms with E-state index >= 15 is 0 Å². The number of carbonyl (C=O) groups excluding carboxylic acids is 1. The van der Waals surface area contributed by atoms with Crippen molar-refractivity contribution in [3.05, 3.63) is 53.6 Å². The highest BCUT2D eigenvalue weighted by atomic mass is 19.4. The molecule has 1 aromatic carbocycles. The summed E-state index contributed by atoms with van der Waals surface area (Å²) in [6.07, 6.45) is -3.21. The minimum absolute atomic E-state index is 0.0238. The molecule has 1 amide bonds. The summed E-state index contributed by atoms with van der Waals surface area (Å²) in [5.41, 5.74) is 1.29. The van der Waals surface area contributed by atoms with E-state index in [2.05, 4.69) is 4.98 Å². The number of nitriles is 1. The molecular weight excluding hydrogens is 404 g/mol. The molecule has 1 fully saturated rings. The number of amides is 1. The Hall–Kier alpha value is -3.35. The van der Waals surface area contributed by atoms with Gasteiger partial charge in [-0.3, -0.25) is 4.79 Å². The molecule has 0 radical (unpaired) electrons. The first-order valence-electron chi connectivity index (χ1n) is 9.05. The number of carbonyl (C=O) groups is 1. The fourth-order valence-corrected chi connectivity index (χ4v) is 3.53. The van der Waals surface area contributed by atoms with Gasteiger partial charge in [0, 0.05) is 19.0 Å². The number of rotatable bonds is 4. The largest absolute Gasteiger partial charge is 0.494 e. The van der Waals surface area contributed by atoms with Crippen molar-refractivity contribution in [3.8, 4) is 11.8 Å². The minimum Gasteiger partial charge on any atom is -0.494 e. The molecule has 3 rings (SSSR count). The van der Waals surface area contributed by atoms with Crippen molar-refractivity contribution in [3.63, 3.8) is 0 Å². The van der Waals surface area contributed by atoms with Crippen LogP contribution in [0.1, 0.15) is 23.6 Å². The van der Waals surface area contributed by atoms with Gasteiger partial charge in [0.1, 0.15) is 11.8 Å². The van der Waals surface area contributed by atoms with E-state index in [0.29, 0.717) is 24.2 Å². The van der Waals surface area contributed by atoms with Crippen LogP contribution in [0.4, 0.5) is 23.2 Å². The number of aromatic nitrogens is 1. The summed E-state index contributed by atoms with van der Waals surface area (Å²) in [7, 11) is 1.31. The number of methoxy groups -OCH3 is 1. The van der Waals surface area contributed by atoms with E-state index in [-0.39, 0.29) is 18.0 Å². The molecule has 1 saturated heterocycles. The van der Waals surface area contributed by atoms with Crippen molar-refractivity contribution < 1.29 is 27.1 Å². The molecule has 10 heteroatoms. The first-order valence-corrected chi connectivity index (χ1v) is 9.05. The Morgan fingerprint density at radius 1 is 1.33 bits per heavy atom. The lowest BCUT2D eigenvalue weighted by atomic mass is 9.84. The highest BCUT2D eigenvalue weighted by Gasteiger charge is 2.42. The minimum atomic E-state index is -5.03. The molecule has 2 atom stereocenters. The lowest BCUT2D eigenvalue weighted by molar-refractivity contribution is -0.174. The smallest absolute Gasteiger partial charge is 0.471 e. The predicted octanol–water partition coefficient (Wildman–Crippen LogP) is 3.14. The van der Waals surface area contributed by atoms with Gasteiger partial charge in [0.15, 0.2) is 11.6 Å². The van der Waals surface area contributed by atoms with Gasteiger partial charge < -0.3 is 15.0 Å². The fourth-order valence-electron chi connectivity index (χ4n) is 3.53. The predicted molar refractivity (Wildman–Crippen MR) is 99.5 cm³/mol. The molecule has 2 aromatic rings. The molecule has 0 aliphatic carbocycles. The first-order chi connectivity index (χ1) is 14.2. The summed E-state index contributed by atoms with van der Waals surface area (Å²) in [6, 6.07) is 8.32. The van der Waals surface area contributed by atoms with Crippen LogP contribution in [0.3, 0.4) is 0 Å². The van der Waals surface area contributed by atoms with Crippen LogP contribution in [0.15, 0.2) is 36.5 Å². The number of anilines is 1. The quantitative estimate of drug-likeness (QED) is 0.766. The van der Waals surface area contributed by atoms with Gasteiger partial charge in [-0.25, -0.2) is 9.37 Å². The van der Waals surface area contributed by atoms with E-state index in [1.54, 1.807) is 17.0 Å². The Balaban J connectivity index is 1.87. The molecule has 30 heavy (non-hydrogen) atoms. The van der Waals surface area contributed by atoms with Gasteiger partial charge in [-0.05, 0) is 36.2 Å². The molecule has 0 saturated carbocycles. The normalized spacial score (nSPS) is 19.1. The number of hydrogen-bond donors (Lipinski definition) is 1. The summed E-state index contributed by atoms with van der Waals surface area (Å²) in [6.45, 7) is 0.512. The van der Waals surface area contributed by atoms with Crippen LogP contribution < -0.4 is 15.0 Å². The number of pyridine rings is 1. The Morgan fingerprint density at radius 2 is 2.10 bits per heavy atom. The molecule has 1 N–H and O–H groups in total. The molecule has 0 bridgehead atoms. The van der Waals surface area contributed by atoms with E-state index < -0.39 is 29.9 Å². The average Bonchev–Trinajstić information content (AvgIpc) is 2.73. The Morgan fingerprint density at radius 3 is 2.67 bits per heavy atom. The number of hydrogen-bond acceptors (Lipinski definition) is 5. The van der Waals surface area contributed by atoms with Crippen molar-refractivity contribution in [2.75, 3.05) is 25.1 Å². The molecule has 158 valence electrons. The third-order valence-electron chi connectivity index (χ3n) is 5.02. The molecule has 1 aliphatic heterocycles. The second-order valence-corrected chi connectivity index (χ2v) is 6.83. The molecule has 0 spiro atoms. The molecule has 1 aliphatic rings. The SMILES string of the molecule is COc1ccc(C2CCN(c3ccc(C#N)nc3)CC2NC(=O)C(F)(F)F)cc1F. The van der Waals surface area contributed by atoms with Crippen LogP contribution in [0.25, 0.3) is 0 Å². The maximum absolute atomic E-state index is 14.2. The van der Waals surface area contributed by atoms with E-state index in [1.165, 1.54) is 31.5 Å². The topological polar surface area (TPSA) is 78.2 Å². The zero-order valence-corrected chi connectivity index (χ0v) is 15.9. The maximum atomic E-state index is 14.2. The van der Waals surface area contributed by atoms with E-state index in [1.807, 2.05) is 11.4 Å². The van der Waals surface area contributed by atoms with Crippen molar-refractivity contribution >= 4 is 11.6 Å². The summed E-state index contributed by atoms with van der Waals surface area (Å²) in [4.78, 5) is 17.3. The summed E-state index contributed by atoms with van der Waals surface area (Å²) in [5, 5.41) is 10.9. The Kier molecular flexibility index (Phi) is 6.10. The number of nitrogens with zero attached hydrogens (tertiary/aromatic N) is 3. The van der Waals surface area contributed by atoms with Crippen LogP contribution in [-0.2, 0) is 4.79 Å². The van der Waals surface area contributed by atoms with Gasteiger partial charge in [0.05, 0.1) is 25.0 Å². The lowest BCUT2D eigenvalue weighted by Gasteiger charge is -2.40. The standard InChI is InChI=1S/C20H18F4N4O2/c1-30-18-5-2-12(8-16(18)21)15-6-7-28(14-4-3-13(9-25)26-10-14)11-17(15)27-19(29)20(22,23)24/h2-5,8,10,15,17H,6-7,11H2,1H3,(H,27,29). The van der Waals surface area contributed by atoms with Gasteiger partial charge in [0.25, 0.3) is 0 Å². The molecule has 2 unspecified atom stereocenters. The number of benzene rings is 1. The number of ether oxygens (including phenoxy) is 1. The Labute approximate surface area is 170 Å². The molecule has 6 nitrogen and oxygen atoms in total. The lowest BCUT2D eigenvalue weighted by Crippen LogP contribution is -2.54. The highest BCUT2D eigenvalue weighted by molar-refractivity contribution is 5.82. The second kappa shape index (κ2) is 8.57. The van der Waals surface area contributed by atoms with Crippen molar-refractivity contribution in [1.82, 2.24) is 10.3 Å². The van der Waals surface area contributed by atoms with Crippen molar-refractivity contribution in [1.29, 1.82) is 5.26 Å². The van der Waals surface area contributed by atoms with E-state index in [0.717, 1.165) is 0 Å². The van der Waals surface area contributed by atoms with Gasteiger partial charge >= 0.3 is 12.1 Å². The average molecular weight is 422 g/mol. The highest BCUT2D eigenvalue weighted by Crippen LogP contribution is 2.33. The van der Waals surface area contributed by atoms with Gasteiger partial charge in [-0.2, -0.15) is 18.4 Å². The van der Waals surface area contributed by atoms with Crippen LogP contribution in [0.2, 0.25) is 0 Å². The zero-order chi connectivity index (χ0) is 21.9. The Bertz CT molecular complexity index is 957. The maximum Gasteiger partial charge on any atom is 0.471 e. The summed E-state index contributed by atoms with van der Waals surface area (Å²) in [5.74, 6) is -3.18. The number of piperidine rings is 1. The van der Waals surface area contributed by atoms with Gasteiger partial charge in [-0.15, -0.1) is 0 Å². The summed E-state index contributed by atoms with van der Waals surface area (Å²) < 4.78 is 57.6. The van der Waals surface area contributed by atoms with Crippen molar-refractivity contribution in [2.24, 2.45) is 0 Å². The number of alkyl halides is 3. The van der Waals surface area contributed by atoms with E-state index in [4.69, 9.17) is 10.00 Å². The number of nitrogens with one attached hydrogen (secondary N) is 1. The van der Waals surface area contributed by atoms with Gasteiger partial charge in [0.2, 0.25) is 0 Å². The monoisotopic (exact) mass is 422 g/mol. The molecular formula is C20H18F4N4O2. The van der Waals surface area contributed by atoms with Crippen LogP contribution in [0, 0.1) is 17.1 Å².